The first-order chi connectivity index (χ1) is 12.6. The van der Waals surface area contributed by atoms with Crippen molar-refractivity contribution in [3.8, 4) is 22.5 Å². The molecule has 130 valence electrons. The molecule has 0 saturated heterocycles. The van der Waals surface area contributed by atoms with Crippen molar-refractivity contribution in [3.63, 3.8) is 0 Å². The topological polar surface area (TPSA) is 30.7 Å². The normalized spacial score (nSPS) is 13.5. The maximum atomic E-state index is 14.0. The third-order valence-corrected chi connectivity index (χ3v) is 5.99. The fraction of sp³-hybridized carbons (Fsp3) is 0.238. The number of fused-ring (bicyclic) bond motifs is 2. The Morgan fingerprint density at radius 3 is 2.88 bits per heavy atom. The molecule has 0 amide bonds. The fourth-order valence-electron chi connectivity index (χ4n) is 3.85. The first kappa shape index (κ1) is 15.7. The monoisotopic (exact) mass is 363 g/mol. The van der Waals surface area contributed by atoms with Gasteiger partial charge in [0.15, 0.2) is 0 Å². The molecule has 2 aromatic carbocycles. The zero-order chi connectivity index (χ0) is 17.8. The van der Waals surface area contributed by atoms with Crippen LogP contribution in [0.5, 0.6) is 0 Å². The third-order valence-electron chi connectivity index (χ3n) is 5.19. The zero-order valence-electron chi connectivity index (χ0n) is 14.7. The molecule has 0 bridgehead atoms. The molecule has 0 aliphatic carbocycles. The molecule has 0 spiro atoms. The van der Waals surface area contributed by atoms with E-state index >= 15 is 0 Å². The minimum Gasteiger partial charge on any atom is -0.327 e. The second-order valence-corrected chi connectivity index (χ2v) is 7.82. The van der Waals surface area contributed by atoms with Crippen molar-refractivity contribution in [1.29, 1.82) is 0 Å². The molecule has 0 saturated carbocycles. The zero-order valence-corrected chi connectivity index (χ0v) is 15.5. The summed E-state index contributed by atoms with van der Waals surface area (Å²) in [5.74, 6) is 0.964. The van der Waals surface area contributed by atoms with Gasteiger partial charge in [-0.15, -0.1) is 11.3 Å². The van der Waals surface area contributed by atoms with E-state index in [9.17, 15) is 4.39 Å². The van der Waals surface area contributed by atoms with E-state index in [2.05, 4.69) is 27.8 Å². The number of hydrogen-bond donors (Lipinski definition) is 0. The van der Waals surface area contributed by atoms with E-state index in [0.29, 0.717) is 5.56 Å². The molecule has 0 unspecified atom stereocenters. The lowest BCUT2D eigenvalue weighted by atomic mass is 9.98. The van der Waals surface area contributed by atoms with Gasteiger partial charge < -0.3 is 4.57 Å². The number of rotatable bonds is 2. The van der Waals surface area contributed by atoms with Crippen LogP contribution in [0.15, 0.2) is 35.8 Å². The average Bonchev–Trinajstić information content (AvgIpc) is 3.32. The highest BCUT2D eigenvalue weighted by Gasteiger charge is 2.24. The lowest BCUT2D eigenvalue weighted by Gasteiger charge is -2.11. The van der Waals surface area contributed by atoms with Crippen molar-refractivity contribution >= 4 is 21.6 Å². The Bertz CT molecular complexity index is 1160. The number of aromatic nitrogens is 3. The number of nitrogens with zero attached hydrogens (tertiary/aromatic N) is 3. The molecule has 0 atom stereocenters. The van der Waals surface area contributed by atoms with Gasteiger partial charge >= 0.3 is 0 Å². The van der Waals surface area contributed by atoms with Crippen molar-refractivity contribution in [1.82, 2.24) is 14.5 Å². The number of benzene rings is 2. The van der Waals surface area contributed by atoms with E-state index in [-0.39, 0.29) is 5.82 Å². The van der Waals surface area contributed by atoms with Crippen LogP contribution in [0.4, 0.5) is 4.39 Å². The summed E-state index contributed by atoms with van der Waals surface area (Å²) in [6.07, 6.45) is 2.12. The number of imidazole rings is 1. The summed E-state index contributed by atoms with van der Waals surface area (Å²) < 4.78 is 17.5. The molecule has 2 aromatic heterocycles. The molecule has 5 rings (SSSR count). The molecule has 1 aliphatic rings. The highest BCUT2D eigenvalue weighted by molar-refractivity contribution is 7.16. The Hall–Kier alpha value is -2.53. The molecule has 1 aliphatic heterocycles. The van der Waals surface area contributed by atoms with Gasteiger partial charge in [0.05, 0.1) is 27.1 Å². The van der Waals surface area contributed by atoms with Crippen molar-refractivity contribution < 1.29 is 4.39 Å². The second-order valence-electron chi connectivity index (χ2n) is 6.93. The SMILES string of the molecule is Cc1cc(-c2nc3n(c2-c2ccc4ncsc4c2)CCC3)c(C)cc1F. The maximum absolute atomic E-state index is 14.0. The number of hydrogen-bond acceptors (Lipinski definition) is 3. The quantitative estimate of drug-likeness (QED) is 0.469. The van der Waals surface area contributed by atoms with Crippen LogP contribution in [0, 0.1) is 19.7 Å². The Kier molecular flexibility index (Phi) is 3.47. The Morgan fingerprint density at radius 1 is 1.12 bits per heavy atom. The summed E-state index contributed by atoms with van der Waals surface area (Å²) in [5, 5.41) is 0. The molecule has 4 aromatic rings. The maximum Gasteiger partial charge on any atom is 0.126 e. The summed E-state index contributed by atoms with van der Waals surface area (Å²) in [6.45, 7) is 4.75. The highest BCUT2D eigenvalue weighted by Crippen LogP contribution is 2.38. The summed E-state index contributed by atoms with van der Waals surface area (Å²) >= 11 is 1.65. The van der Waals surface area contributed by atoms with Crippen LogP contribution in [-0.2, 0) is 13.0 Å². The Balaban J connectivity index is 1.78. The second kappa shape index (κ2) is 5.74. The lowest BCUT2D eigenvalue weighted by molar-refractivity contribution is 0.617. The van der Waals surface area contributed by atoms with Gasteiger partial charge in [-0.05, 0) is 55.7 Å². The third kappa shape index (κ3) is 2.31. The minimum absolute atomic E-state index is 0.161. The van der Waals surface area contributed by atoms with Gasteiger partial charge in [0.25, 0.3) is 0 Å². The highest BCUT2D eigenvalue weighted by atomic mass is 32.1. The largest absolute Gasteiger partial charge is 0.327 e. The van der Waals surface area contributed by atoms with Gasteiger partial charge in [-0.2, -0.15) is 0 Å². The van der Waals surface area contributed by atoms with Gasteiger partial charge in [0.2, 0.25) is 0 Å². The van der Waals surface area contributed by atoms with E-state index < -0.39 is 0 Å². The van der Waals surface area contributed by atoms with Gasteiger partial charge in [0, 0.05) is 24.1 Å². The number of thiazole rings is 1. The van der Waals surface area contributed by atoms with Crippen LogP contribution >= 0.6 is 11.3 Å². The van der Waals surface area contributed by atoms with Crippen LogP contribution in [0.25, 0.3) is 32.7 Å². The smallest absolute Gasteiger partial charge is 0.126 e. The van der Waals surface area contributed by atoms with Crippen LogP contribution in [0.2, 0.25) is 0 Å². The molecule has 0 radical (unpaired) electrons. The summed E-state index contributed by atoms with van der Waals surface area (Å²) in [5.41, 5.74) is 8.75. The van der Waals surface area contributed by atoms with E-state index in [1.54, 1.807) is 17.4 Å². The average molecular weight is 363 g/mol. The van der Waals surface area contributed by atoms with Crippen LogP contribution < -0.4 is 0 Å². The molecular weight excluding hydrogens is 345 g/mol. The molecular formula is C21H18FN3S. The Morgan fingerprint density at radius 2 is 2.00 bits per heavy atom. The van der Waals surface area contributed by atoms with Gasteiger partial charge in [-0.3, -0.25) is 0 Å². The molecule has 5 heteroatoms. The molecule has 3 nitrogen and oxygen atoms in total. The first-order valence-electron chi connectivity index (χ1n) is 8.82. The molecule has 0 fully saturated rings. The first-order valence-corrected chi connectivity index (χ1v) is 9.70. The van der Waals surface area contributed by atoms with E-state index in [0.717, 1.165) is 58.8 Å². The molecule has 26 heavy (non-hydrogen) atoms. The van der Waals surface area contributed by atoms with E-state index in [1.807, 2.05) is 25.4 Å². The fourth-order valence-corrected chi connectivity index (χ4v) is 4.56. The van der Waals surface area contributed by atoms with Crippen molar-refractivity contribution in [2.75, 3.05) is 0 Å². The van der Waals surface area contributed by atoms with Gasteiger partial charge in [-0.25, -0.2) is 14.4 Å². The molecule has 0 N–H and O–H groups in total. The van der Waals surface area contributed by atoms with Crippen LogP contribution in [0.1, 0.15) is 23.4 Å². The van der Waals surface area contributed by atoms with Crippen LogP contribution in [-0.4, -0.2) is 14.5 Å². The summed E-state index contributed by atoms with van der Waals surface area (Å²) in [4.78, 5) is 9.35. The lowest BCUT2D eigenvalue weighted by Crippen LogP contribution is -1.97. The van der Waals surface area contributed by atoms with Crippen molar-refractivity contribution in [2.24, 2.45) is 0 Å². The Labute approximate surface area is 155 Å². The van der Waals surface area contributed by atoms with E-state index in [1.165, 1.54) is 4.70 Å². The predicted octanol–water partition coefficient (Wildman–Crippen LogP) is 5.53. The number of aryl methyl sites for hydroxylation is 3. The summed E-state index contributed by atoms with van der Waals surface area (Å²) in [7, 11) is 0. The summed E-state index contributed by atoms with van der Waals surface area (Å²) in [6, 6.07) is 9.94. The minimum atomic E-state index is -0.161. The standard InChI is InChI=1S/C21H18FN3S/c1-12-9-16(22)13(2)8-15(12)20-21(25-7-3-4-19(25)24-20)14-5-6-17-18(10-14)26-11-23-17/h5-6,8-11H,3-4,7H2,1-2H3. The number of halogens is 1. The van der Waals surface area contributed by atoms with Gasteiger partial charge in [-0.1, -0.05) is 6.07 Å². The van der Waals surface area contributed by atoms with Crippen molar-refractivity contribution in [3.05, 3.63) is 58.6 Å². The van der Waals surface area contributed by atoms with Crippen molar-refractivity contribution in [2.45, 2.75) is 33.2 Å². The van der Waals surface area contributed by atoms with Gasteiger partial charge in [0.1, 0.15) is 11.6 Å². The van der Waals surface area contributed by atoms with Crippen LogP contribution in [0.3, 0.4) is 0 Å². The van der Waals surface area contributed by atoms with E-state index in [4.69, 9.17) is 4.98 Å². The predicted molar refractivity (Wildman–Crippen MR) is 104 cm³/mol. The molecule has 3 heterocycles.